The van der Waals surface area contributed by atoms with E-state index < -0.39 is 15.9 Å². The number of benzene rings is 1. The molecule has 1 unspecified atom stereocenters. The molecule has 116 valence electrons. The smallest absolute Gasteiger partial charge is 0.310 e. The molecule has 2 N–H and O–H groups in total. The first-order valence-electron chi connectivity index (χ1n) is 6.98. The summed E-state index contributed by atoms with van der Waals surface area (Å²) in [5, 5.41) is 0. The average Bonchev–Trinajstić information content (AvgIpc) is 2.48. The van der Waals surface area contributed by atoms with E-state index in [-0.39, 0.29) is 23.1 Å². The molecule has 1 aliphatic rings. The van der Waals surface area contributed by atoms with Gasteiger partial charge in [-0.1, -0.05) is 12.1 Å². The van der Waals surface area contributed by atoms with Crippen LogP contribution in [-0.2, 0) is 19.6 Å². The zero-order valence-electron chi connectivity index (χ0n) is 12.0. The normalized spacial score (nSPS) is 20.1. The van der Waals surface area contributed by atoms with Crippen molar-refractivity contribution in [3.05, 3.63) is 24.3 Å². The second-order valence-electron chi connectivity index (χ2n) is 4.99. The molecule has 0 amide bonds. The van der Waals surface area contributed by atoms with E-state index in [0.29, 0.717) is 26.0 Å². The predicted molar refractivity (Wildman–Crippen MR) is 79.0 cm³/mol. The number of hydrogen-bond acceptors (Lipinski definition) is 5. The Morgan fingerprint density at radius 3 is 2.81 bits per heavy atom. The van der Waals surface area contributed by atoms with Gasteiger partial charge in [-0.3, -0.25) is 4.79 Å². The molecule has 0 bridgehead atoms. The van der Waals surface area contributed by atoms with E-state index in [4.69, 9.17) is 10.5 Å². The van der Waals surface area contributed by atoms with E-state index in [1.807, 2.05) is 0 Å². The molecule has 0 radical (unpaired) electrons. The highest BCUT2D eigenvalue weighted by Crippen LogP contribution is 2.27. The molecule has 1 aliphatic heterocycles. The number of anilines is 1. The Bertz CT molecular complexity index is 615. The Kier molecular flexibility index (Phi) is 4.84. The molecular weight excluding hydrogens is 292 g/mol. The minimum atomic E-state index is -3.67. The molecule has 0 aromatic heterocycles. The van der Waals surface area contributed by atoms with Crippen LogP contribution in [0, 0.1) is 5.92 Å². The highest BCUT2D eigenvalue weighted by atomic mass is 32.2. The van der Waals surface area contributed by atoms with Gasteiger partial charge in [0.2, 0.25) is 10.0 Å². The fourth-order valence-corrected chi connectivity index (χ4v) is 4.11. The first-order valence-corrected chi connectivity index (χ1v) is 8.42. The number of esters is 1. The molecule has 1 saturated heterocycles. The number of para-hydroxylation sites is 1. The Morgan fingerprint density at radius 1 is 1.43 bits per heavy atom. The summed E-state index contributed by atoms with van der Waals surface area (Å²) >= 11 is 0. The fourth-order valence-electron chi connectivity index (χ4n) is 2.47. The summed E-state index contributed by atoms with van der Waals surface area (Å²) in [5.41, 5.74) is 5.98. The van der Waals surface area contributed by atoms with Crippen molar-refractivity contribution in [3.8, 4) is 0 Å². The number of nitrogens with zero attached hydrogens (tertiary/aromatic N) is 1. The van der Waals surface area contributed by atoms with Crippen molar-refractivity contribution in [1.29, 1.82) is 0 Å². The summed E-state index contributed by atoms with van der Waals surface area (Å²) in [5.74, 6) is -0.739. The number of nitrogen functional groups attached to an aromatic ring is 1. The quantitative estimate of drug-likeness (QED) is 0.667. The third-order valence-corrected chi connectivity index (χ3v) is 5.48. The van der Waals surface area contributed by atoms with Crippen LogP contribution in [0.1, 0.15) is 19.8 Å². The van der Waals surface area contributed by atoms with Gasteiger partial charge in [0.25, 0.3) is 0 Å². The lowest BCUT2D eigenvalue weighted by atomic mass is 10.0. The molecule has 0 aliphatic carbocycles. The molecule has 21 heavy (non-hydrogen) atoms. The summed E-state index contributed by atoms with van der Waals surface area (Å²) in [7, 11) is -3.67. The van der Waals surface area contributed by atoms with Crippen LogP contribution < -0.4 is 5.73 Å². The van der Waals surface area contributed by atoms with Crippen LogP contribution in [0.25, 0.3) is 0 Å². The first kappa shape index (κ1) is 15.8. The predicted octanol–water partition coefficient (Wildman–Crippen LogP) is 1.23. The van der Waals surface area contributed by atoms with Gasteiger partial charge in [-0.15, -0.1) is 0 Å². The van der Waals surface area contributed by atoms with Crippen LogP contribution in [-0.4, -0.2) is 38.4 Å². The number of rotatable bonds is 4. The third kappa shape index (κ3) is 3.36. The molecule has 1 aromatic rings. The summed E-state index contributed by atoms with van der Waals surface area (Å²) in [6.07, 6.45) is 1.28. The van der Waals surface area contributed by atoms with Crippen LogP contribution in [0.3, 0.4) is 0 Å². The standard InChI is InChI=1S/C14H20N2O4S/c1-2-20-14(17)11-6-5-9-16(10-11)21(18,19)13-8-4-3-7-12(13)15/h3-4,7-8,11H,2,5-6,9-10,15H2,1H3. The Labute approximate surface area is 124 Å². The lowest BCUT2D eigenvalue weighted by Gasteiger charge is -2.30. The zero-order chi connectivity index (χ0) is 15.5. The maximum absolute atomic E-state index is 12.6. The topological polar surface area (TPSA) is 89.7 Å². The Hall–Kier alpha value is -1.60. The monoisotopic (exact) mass is 312 g/mol. The van der Waals surface area contributed by atoms with Gasteiger partial charge in [-0.05, 0) is 31.9 Å². The molecular formula is C14H20N2O4S. The minimum absolute atomic E-state index is 0.0921. The van der Waals surface area contributed by atoms with Crippen molar-refractivity contribution in [2.45, 2.75) is 24.7 Å². The van der Waals surface area contributed by atoms with Crippen LogP contribution in [0.5, 0.6) is 0 Å². The van der Waals surface area contributed by atoms with Crippen LogP contribution in [0.2, 0.25) is 0 Å². The highest BCUT2D eigenvalue weighted by Gasteiger charge is 2.34. The van der Waals surface area contributed by atoms with E-state index in [0.717, 1.165) is 0 Å². The van der Waals surface area contributed by atoms with Gasteiger partial charge < -0.3 is 10.5 Å². The molecule has 6 nitrogen and oxygen atoms in total. The minimum Gasteiger partial charge on any atom is -0.466 e. The molecule has 1 heterocycles. The molecule has 1 atom stereocenters. The largest absolute Gasteiger partial charge is 0.466 e. The van der Waals surface area contributed by atoms with Crippen molar-refractivity contribution in [1.82, 2.24) is 4.31 Å². The summed E-state index contributed by atoms with van der Waals surface area (Å²) in [6.45, 7) is 2.58. The second kappa shape index (κ2) is 6.44. The maximum atomic E-state index is 12.6. The van der Waals surface area contributed by atoms with Gasteiger partial charge in [-0.25, -0.2) is 8.42 Å². The van der Waals surface area contributed by atoms with E-state index in [9.17, 15) is 13.2 Å². The fraction of sp³-hybridized carbons (Fsp3) is 0.500. The van der Waals surface area contributed by atoms with Gasteiger partial charge >= 0.3 is 5.97 Å². The lowest BCUT2D eigenvalue weighted by Crippen LogP contribution is -2.42. The van der Waals surface area contributed by atoms with E-state index in [1.54, 1.807) is 25.1 Å². The van der Waals surface area contributed by atoms with Gasteiger partial charge in [0, 0.05) is 13.1 Å². The summed E-state index contributed by atoms with van der Waals surface area (Å²) in [6, 6.07) is 6.36. The molecule has 1 aromatic carbocycles. The maximum Gasteiger partial charge on any atom is 0.310 e. The first-order chi connectivity index (χ1) is 9.96. The zero-order valence-corrected chi connectivity index (χ0v) is 12.8. The lowest BCUT2D eigenvalue weighted by molar-refractivity contribution is -0.149. The van der Waals surface area contributed by atoms with Gasteiger partial charge in [0.15, 0.2) is 0 Å². The SMILES string of the molecule is CCOC(=O)C1CCCN(S(=O)(=O)c2ccccc2N)C1. The second-order valence-corrected chi connectivity index (χ2v) is 6.90. The summed E-state index contributed by atoms with van der Waals surface area (Å²) in [4.78, 5) is 11.9. The van der Waals surface area contributed by atoms with Crippen molar-refractivity contribution in [2.24, 2.45) is 5.92 Å². The molecule has 1 fully saturated rings. The number of carbonyl (C=O) groups is 1. The number of nitrogens with two attached hydrogens (primary N) is 1. The molecule has 7 heteroatoms. The Balaban J connectivity index is 2.21. The van der Waals surface area contributed by atoms with Gasteiger partial charge in [0.1, 0.15) is 4.90 Å². The third-order valence-electron chi connectivity index (χ3n) is 3.54. The van der Waals surface area contributed by atoms with Gasteiger partial charge in [-0.2, -0.15) is 4.31 Å². The summed E-state index contributed by atoms with van der Waals surface area (Å²) < 4.78 is 31.6. The van der Waals surface area contributed by atoms with Crippen molar-refractivity contribution < 1.29 is 17.9 Å². The van der Waals surface area contributed by atoms with Crippen LogP contribution in [0.4, 0.5) is 5.69 Å². The highest BCUT2D eigenvalue weighted by molar-refractivity contribution is 7.89. The Morgan fingerprint density at radius 2 is 2.14 bits per heavy atom. The number of sulfonamides is 1. The number of carbonyl (C=O) groups excluding carboxylic acids is 1. The number of hydrogen-bond donors (Lipinski definition) is 1. The van der Waals surface area contributed by atoms with Gasteiger partial charge in [0.05, 0.1) is 18.2 Å². The average molecular weight is 312 g/mol. The number of piperidine rings is 1. The van der Waals surface area contributed by atoms with Crippen molar-refractivity contribution >= 4 is 21.7 Å². The van der Waals surface area contributed by atoms with E-state index in [2.05, 4.69) is 0 Å². The number of ether oxygens (including phenoxy) is 1. The van der Waals surface area contributed by atoms with Crippen LogP contribution >= 0.6 is 0 Å². The van der Waals surface area contributed by atoms with E-state index >= 15 is 0 Å². The van der Waals surface area contributed by atoms with Crippen molar-refractivity contribution in [3.63, 3.8) is 0 Å². The molecule has 0 saturated carbocycles. The van der Waals surface area contributed by atoms with Crippen molar-refractivity contribution in [2.75, 3.05) is 25.4 Å². The van der Waals surface area contributed by atoms with E-state index in [1.165, 1.54) is 10.4 Å². The molecule has 2 rings (SSSR count). The molecule has 0 spiro atoms. The van der Waals surface area contributed by atoms with Crippen LogP contribution in [0.15, 0.2) is 29.2 Å².